The van der Waals surface area contributed by atoms with E-state index in [2.05, 4.69) is 17.0 Å². The van der Waals surface area contributed by atoms with Crippen LogP contribution in [0, 0.1) is 0 Å². The summed E-state index contributed by atoms with van der Waals surface area (Å²) in [5.74, 6) is 0. The van der Waals surface area contributed by atoms with E-state index >= 15 is 0 Å². The van der Waals surface area contributed by atoms with Gasteiger partial charge < -0.3 is 15.7 Å². The molecule has 0 aliphatic carbocycles. The number of rotatable bonds is 3. The zero-order chi connectivity index (χ0) is 11.4. The molecule has 1 atom stereocenters. The van der Waals surface area contributed by atoms with Crippen molar-refractivity contribution >= 4 is 11.4 Å². The summed E-state index contributed by atoms with van der Waals surface area (Å²) in [6.07, 6.45) is 4.57. The fourth-order valence-electron chi connectivity index (χ4n) is 2.46. The molecule has 1 fully saturated rings. The summed E-state index contributed by atoms with van der Waals surface area (Å²) in [5, 5.41) is 9.08. The Hall–Kier alpha value is -1.22. The van der Waals surface area contributed by atoms with E-state index in [0.29, 0.717) is 6.04 Å². The molecule has 1 aromatic carbocycles. The normalized spacial score (nSPS) is 21.1. The molecule has 1 aromatic rings. The first-order valence-corrected chi connectivity index (χ1v) is 6.04. The predicted octanol–water partition coefficient (Wildman–Crippen LogP) is 2.01. The zero-order valence-corrected chi connectivity index (χ0v) is 9.60. The van der Waals surface area contributed by atoms with Gasteiger partial charge in [-0.05, 0) is 49.9 Å². The molecule has 0 bridgehead atoms. The van der Waals surface area contributed by atoms with E-state index in [0.717, 1.165) is 18.7 Å². The van der Waals surface area contributed by atoms with Gasteiger partial charge in [-0.15, -0.1) is 0 Å². The lowest BCUT2D eigenvalue weighted by Gasteiger charge is -2.37. The van der Waals surface area contributed by atoms with Gasteiger partial charge >= 0.3 is 0 Å². The molecule has 0 saturated carbocycles. The Labute approximate surface area is 96.9 Å². The number of aliphatic hydroxyl groups is 1. The van der Waals surface area contributed by atoms with E-state index in [4.69, 9.17) is 10.8 Å². The van der Waals surface area contributed by atoms with E-state index in [9.17, 15) is 0 Å². The van der Waals surface area contributed by atoms with Crippen molar-refractivity contribution in [3.8, 4) is 0 Å². The summed E-state index contributed by atoms with van der Waals surface area (Å²) >= 11 is 0. The molecule has 0 radical (unpaired) electrons. The van der Waals surface area contributed by atoms with E-state index in [-0.39, 0.29) is 6.61 Å². The number of aliphatic hydroxyl groups excluding tert-OH is 1. The number of anilines is 2. The molecule has 1 saturated heterocycles. The summed E-state index contributed by atoms with van der Waals surface area (Å²) < 4.78 is 0. The van der Waals surface area contributed by atoms with Crippen LogP contribution < -0.4 is 10.6 Å². The predicted molar refractivity (Wildman–Crippen MR) is 67.5 cm³/mol. The Bertz CT molecular complexity index is 321. The van der Waals surface area contributed by atoms with E-state index < -0.39 is 0 Å². The molecule has 0 spiro atoms. The highest BCUT2D eigenvalue weighted by molar-refractivity contribution is 5.53. The van der Waals surface area contributed by atoms with Crippen LogP contribution in [0.15, 0.2) is 24.3 Å². The van der Waals surface area contributed by atoms with E-state index in [1.54, 1.807) is 0 Å². The Morgan fingerprint density at radius 3 is 2.69 bits per heavy atom. The van der Waals surface area contributed by atoms with Gasteiger partial charge in [-0.25, -0.2) is 0 Å². The number of hydrogen-bond donors (Lipinski definition) is 2. The molecule has 0 aromatic heterocycles. The number of piperidine rings is 1. The molecule has 3 heteroatoms. The zero-order valence-electron chi connectivity index (χ0n) is 9.60. The van der Waals surface area contributed by atoms with Crippen molar-refractivity contribution in [2.75, 3.05) is 23.8 Å². The van der Waals surface area contributed by atoms with E-state index in [1.165, 1.54) is 24.9 Å². The van der Waals surface area contributed by atoms with Gasteiger partial charge in [0.15, 0.2) is 0 Å². The lowest BCUT2D eigenvalue weighted by molar-refractivity contribution is 0.262. The molecule has 88 valence electrons. The molecule has 3 N–H and O–H groups in total. The van der Waals surface area contributed by atoms with Crippen LogP contribution in [0.5, 0.6) is 0 Å². The highest BCUT2D eigenvalue weighted by Gasteiger charge is 2.21. The van der Waals surface area contributed by atoms with Crippen LogP contribution in [0.4, 0.5) is 11.4 Å². The first kappa shape index (κ1) is 11.3. The molecule has 1 aliphatic rings. The number of nitrogens with two attached hydrogens (primary N) is 1. The van der Waals surface area contributed by atoms with Gasteiger partial charge in [-0.1, -0.05) is 0 Å². The topological polar surface area (TPSA) is 49.5 Å². The fraction of sp³-hybridized carbons (Fsp3) is 0.538. The van der Waals surface area contributed by atoms with Crippen molar-refractivity contribution in [3.63, 3.8) is 0 Å². The van der Waals surface area contributed by atoms with Gasteiger partial charge in [-0.2, -0.15) is 0 Å². The molecular weight excluding hydrogens is 200 g/mol. The van der Waals surface area contributed by atoms with Crippen LogP contribution in [0.1, 0.15) is 25.7 Å². The van der Waals surface area contributed by atoms with Crippen LogP contribution in [0.3, 0.4) is 0 Å². The molecule has 0 amide bonds. The van der Waals surface area contributed by atoms with Crippen molar-refractivity contribution in [1.82, 2.24) is 0 Å². The van der Waals surface area contributed by atoms with Crippen molar-refractivity contribution in [1.29, 1.82) is 0 Å². The SMILES string of the molecule is Nc1ccc(N2CCCCC2CCO)cc1. The maximum absolute atomic E-state index is 9.08. The average molecular weight is 220 g/mol. The lowest BCUT2D eigenvalue weighted by atomic mass is 9.99. The molecule has 16 heavy (non-hydrogen) atoms. The number of nitrogens with zero attached hydrogens (tertiary/aromatic N) is 1. The van der Waals surface area contributed by atoms with Crippen LogP contribution in [-0.4, -0.2) is 24.3 Å². The molecule has 2 rings (SSSR count). The summed E-state index contributed by atoms with van der Waals surface area (Å²) in [6.45, 7) is 1.37. The van der Waals surface area contributed by atoms with Crippen LogP contribution in [-0.2, 0) is 0 Å². The summed E-state index contributed by atoms with van der Waals surface area (Å²) in [5.41, 5.74) is 7.73. The third-order valence-corrected chi connectivity index (χ3v) is 3.31. The van der Waals surface area contributed by atoms with Gasteiger partial charge in [0.2, 0.25) is 0 Å². The summed E-state index contributed by atoms with van der Waals surface area (Å²) in [7, 11) is 0. The minimum absolute atomic E-state index is 0.274. The van der Waals surface area contributed by atoms with Gasteiger partial charge in [0.05, 0.1) is 0 Å². The van der Waals surface area contributed by atoms with Crippen LogP contribution in [0.2, 0.25) is 0 Å². The maximum atomic E-state index is 9.08. The first-order valence-electron chi connectivity index (χ1n) is 6.04. The number of hydrogen-bond acceptors (Lipinski definition) is 3. The maximum Gasteiger partial charge on any atom is 0.0450 e. The largest absolute Gasteiger partial charge is 0.399 e. The summed E-state index contributed by atoms with van der Waals surface area (Å²) in [4.78, 5) is 2.40. The third kappa shape index (κ3) is 2.47. The Kier molecular flexibility index (Phi) is 3.67. The second-order valence-electron chi connectivity index (χ2n) is 4.45. The average Bonchev–Trinajstić information content (AvgIpc) is 2.32. The molecule has 3 nitrogen and oxygen atoms in total. The second kappa shape index (κ2) is 5.21. The Morgan fingerprint density at radius 2 is 2.00 bits per heavy atom. The Balaban J connectivity index is 2.13. The van der Waals surface area contributed by atoms with Crippen molar-refractivity contribution in [2.45, 2.75) is 31.7 Å². The van der Waals surface area contributed by atoms with Gasteiger partial charge in [-0.3, -0.25) is 0 Å². The van der Waals surface area contributed by atoms with E-state index in [1.807, 2.05) is 12.1 Å². The molecule has 1 heterocycles. The fourth-order valence-corrected chi connectivity index (χ4v) is 2.46. The highest BCUT2D eigenvalue weighted by atomic mass is 16.3. The molecule has 1 aliphatic heterocycles. The van der Waals surface area contributed by atoms with Gasteiger partial charge in [0.1, 0.15) is 0 Å². The van der Waals surface area contributed by atoms with Gasteiger partial charge in [0.25, 0.3) is 0 Å². The quantitative estimate of drug-likeness (QED) is 0.766. The number of benzene rings is 1. The minimum Gasteiger partial charge on any atom is -0.399 e. The number of nitrogen functional groups attached to an aromatic ring is 1. The lowest BCUT2D eigenvalue weighted by Crippen LogP contribution is -2.40. The minimum atomic E-state index is 0.274. The van der Waals surface area contributed by atoms with Crippen LogP contribution >= 0.6 is 0 Å². The standard InChI is InChI=1S/C13H20N2O/c14-11-4-6-13(7-5-11)15-9-2-1-3-12(15)8-10-16/h4-7,12,16H,1-3,8-10,14H2. The van der Waals surface area contributed by atoms with Crippen molar-refractivity contribution in [3.05, 3.63) is 24.3 Å². The highest BCUT2D eigenvalue weighted by Crippen LogP contribution is 2.26. The smallest absolute Gasteiger partial charge is 0.0450 e. The monoisotopic (exact) mass is 220 g/mol. The third-order valence-electron chi connectivity index (χ3n) is 3.31. The second-order valence-corrected chi connectivity index (χ2v) is 4.45. The van der Waals surface area contributed by atoms with Crippen molar-refractivity contribution < 1.29 is 5.11 Å². The first-order chi connectivity index (χ1) is 7.81. The van der Waals surface area contributed by atoms with Gasteiger partial charge in [0, 0.05) is 30.6 Å². The van der Waals surface area contributed by atoms with Crippen molar-refractivity contribution in [2.24, 2.45) is 0 Å². The van der Waals surface area contributed by atoms with Crippen LogP contribution in [0.25, 0.3) is 0 Å². The molecular formula is C13H20N2O. The molecule has 1 unspecified atom stereocenters. The Morgan fingerprint density at radius 1 is 1.25 bits per heavy atom. The summed E-state index contributed by atoms with van der Waals surface area (Å²) in [6, 6.07) is 8.53.